The van der Waals surface area contributed by atoms with Crippen molar-refractivity contribution in [3.05, 3.63) is 0 Å². The summed E-state index contributed by atoms with van der Waals surface area (Å²) in [5.74, 6) is 1.06. The lowest BCUT2D eigenvalue weighted by Crippen LogP contribution is -2.31. The molecule has 0 bridgehead atoms. The lowest BCUT2D eigenvalue weighted by atomic mass is 10.2. The van der Waals surface area contributed by atoms with Crippen molar-refractivity contribution >= 4 is 17.7 Å². The fourth-order valence-electron chi connectivity index (χ4n) is 1.33. The van der Waals surface area contributed by atoms with Crippen LogP contribution >= 0.6 is 11.8 Å². The highest BCUT2D eigenvalue weighted by molar-refractivity contribution is 7.99. The normalized spacial score (nSPS) is 21.9. The third-order valence-corrected chi connectivity index (χ3v) is 3.44. The summed E-state index contributed by atoms with van der Waals surface area (Å²) in [6.07, 6.45) is 3.74. The number of nitrogens with zero attached hydrogens (tertiary/aromatic N) is 1. The van der Waals surface area contributed by atoms with Gasteiger partial charge in [-0.05, 0) is 18.6 Å². The number of nitriles is 1. The number of hydrogen-bond acceptors (Lipinski definition) is 3. The average molecular weight is 198 g/mol. The van der Waals surface area contributed by atoms with Gasteiger partial charge in [-0.3, -0.25) is 4.79 Å². The Morgan fingerprint density at radius 2 is 2.46 bits per heavy atom. The Balaban J connectivity index is 2.10. The zero-order valence-corrected chi connectivity index (χ0v) is 8.40. The molecule has 1 atom stereocenters. The molecule has 4 heteroatoms. The minimum Gasteiger partial charge on any atom is -0.354 e. The number of hydrogen-bond donors (Lipinski definition) is 1. The summed E-state index contributed by atoms with van der Waals surface area (Å²) in [7, 11) is 0. The van der Waals surface area contributed by atoms with Crippen LogP contribution < -0.4 is 5.32 Å². The number of nitrogens with one attached hydrogen (secondary N) is 1. The summed E-state index contributed by atoms with van der Waals surface area (Å²) in [6.45, 7) is 0.727. The van der Waals surface area contributed by atoms with E-state index in [9.17, 15) is 4.79 Å². The van der Waals surface area contributed by atoms with Crippen LogP contribution in [0.5, 0.6) is 0 Å². The van der Waals surface area contributed by atoms with Crippen LogP contribution in [0.2, 0.25) is 0 Å². The maximum atomic E-state index is 10.9. The van der Waals surface area contributed by atoms with Crippen LogP contribution in [-0.4, -0.2) is 23.5 Å². The van der Waals surface area contributed by atoms with Crippen molar-refractivity contribution in [1.29, 1.82) is 5.26 Å². The highest BCUT2D eigenvalue weighted by Crippen LogP contribution is 2.24. The molecular weight excluding hydrogens is 184 g/mol. The molecule has 1 saturated heterocycles. The van der Waals surface area contributed by atoms with E-state index in [0.29, 0.717) is 5.25 Å². The fraction of sp³-hybridized carbons (Fsp3) is 0.778. The van der Waals surface area contributed by atoms with E-state index in [2.05, 4.69) is 5.32 Å². The molecule has 1 aliphatic heterocycles. The van der Waals surface area contributed by atoms with E-state index in [-0.39, 0.29) is 12.3 Å². The Morgan fingerprint density at radius 3 is 3.08 bits per heavy atom. The Labute approximate surface area is 82.9 Å². The molecule has 0 radical (unpaired) electrons. The average Bonchev–Trinajstić information content (AvgIpc) is 2.17. The Morgan fingerprint density at radius 1 is 1.62 bits per heavy atom. The van der Waals surface area contributed by atoms with Gasteiger partial charge in [0, 0.05) is 11.8 Å². The first kappa shape index (κ1) is 10.4. The zero-order chi connectivity index (χ0) is 9.52. The second-order valence-electron chi connectivity index (χ2n) is 3.13. The minimum atomic E-state index is -0.145. The van der Waals surface area contributed by atoms with Crippen LogP contribution in [0.4, 0.5) is 0 Å². The summed E-state index contributed by atoms with van der Waals surface area (Å²) in [5, 5.41) is 11.6. The van der Waals surface area contributed by atoms with Crippen LogP contribution in [0.15, 0.2) is 0 Å². The van der Waals surface area contributed by atoms with E-state index in [1.54, 1.807) is 0 Å². The van der Waals surface area contributed by atoms with E-state index in [1.807, 2.05) is 17.8 Å². The Bertz CT molecular complexity index is 206. The third-order valence-electron chi connectivity index (χ3n) is 2.04. The second kappa shape index (κ2) is 5.87. The molecule has 0 aromatic rings. The first-order valence-electron chi connectivity index (χ1n) is 4.58. The second-order valence-corrected chi connectivity index (χ2v) is 4.54. The summed E-state index contributed by atoms with van der Waals surface area (Å²) >= 11 is 1.93. The van der Waals surface area contributed by atoms with Crippen LogP contribution in [0.1, 0.15) is 25.7 Å². The third kappa shape index (κ3) is 4.18. The topological polar surface area (TPSA) is 52.9 Å². The van der Waals surface area contributed by atoms with Crippen LogP contribution in [-0.2, 0) is 4.79 Å². The van der Waals surface area contributed by atoms with Crippen molar-refractivity contribution in [2.75, 3.05) is 12.3 Å². The van der Waals surface area contributed by atoms with E-state index in [0.717, 1.165) is 6.54 Å². The van der Waals surface area contributed by atoms with Crippen LogP contribution in [0.3, 0.4) is 0 Å². The molecule has 1 fully saturated rings. The molecule has 72 valence electrons. The van der Waals surface area contributed by atoms with Crippen molar-refractivity contribution in [1.82, 2.24) is 5.32 Å². The van der Waals surface area contributed by atoms with Gasteiger partial charge in [0.15, 0.2) is 0 Å². The van der Waals surface area contributed by atoms with Gasteiger partial charge in [0.2, 0.25) is 5.91 Å². The molecule has 0 spiro atoms. The van der Waals surface area contributed by atoms with Crippen molar-refractivity contribution in [3.8, 4) is 6.07 Å². The van der Waals surface area contributed by atoms with Crippen molar-refractivity contribution in [3.63, 3.8) is 0 Å². The van der Waals surface area contributed by atoms with Gasteiger partial charge in [-0.1, -0.05) is 6.42 Å². The Kier molecular flexibility index (Phi) is 4.69. The molecule has 0 aromatic carbocycles. The predicted molar refractivity (Wildman–Crippen MR) is 53.3 cm³/mol. The maximum Gasteiger partial charge on any atom is 0.234 e. The summed E-state index contributed by atoms with van der Waals surface area (Å²) in [5.41, 5.74) is 0. The van der Waals surface area contributed by atoms with Crippen molar-refractivity contribution < 1.29 is 4.79 Å². The van der Waals surface area contributed by atoms with Crippen LogP contribution in [0.25, 0.3) is 0 Å². The first-order valence-corrected chi connectivity index (χ1v) is 5.63. The van der Waals surface area contributed by atoms with E-state index in [1.165, 1.54) is 25.0 Å². The highest BCUT2D eigenvalue weighted by atomic mass is 32.2. The Hall–Kier alpha value is -0.690. The molecule has 1 unspecified atom stereocenters. The standard InChI is InChI=1S/C9H14N2OS/c10-5-4-9(12)11-7-8-3-1-2-6-13-8/h8H,1-4,6-7H2,(H,11,12). The molecule has 1 N–H and O–H groups in total. The molecular formula is C9H14N2OS. The number of amides is 1. The quantitative estimate of drug-likeness (QED) is 0.743. The zero-order valence-electron chi connectivity index (χ0n) is 7.58. The number of carbonyl (C=O) groups is 1. The number of thioether (sulfide) groups is 1. The molecule has 1 amide bonds. The van der Waals surface area contributed by atoms with Gasteiger partial charge in [-0.2, -0.15) is 17.0 Å². The SMILES string of the molecule is N#CCC(=O)NCC1CCCCS1. The molecule has 1 rings (SSSR count). The van der Waals surface area contributed by atoms with Gasteiger partial charge in [0.25, 0.3) is 0 Å². The lowest BCUT2D eigenvalue weighted by Gasteiger charge is -2.21. The van der Waals surface area contributed by atoms with E-state index in [4.69, 9.17) is 5.26 Å². The molecule has 3 nitrogen and oxygen atoms in total. The van der Waals surface area contributed by atoms with Gasteiger partial charge < -0.3 is 5.32 Å². The summed E-state index contributed by atoms with van der Waals surface area (Å²) < 4.78 is 0. The van der Waals surface area contributed by atoms with Crippen LogP contribution in [0, 0.1) is 11.3 Å². The van der Waals surface area contributed by atoms with Gasteiger partial charge in [0.05, 0.1) is 6.07 Å². The highest BCUT2D eigenvalue weighted by Gasteiger charge is 2.14. The molecule has 1 heterocycles. The monoisotopic (exact) mass is 198 g/mol. The molecule has 0 saturated carbocycles. The minimum absolute atomic E-state index is 0.0165. The number of rotatable bonds is 3. The maximum absolute atomic E-state index is 10.9. The molecule has 0 aliphatic carbocycles. The van der Waals surface area contributed by atoms with Gasteiger partial charge in [0.1, 0.15) is 6.42 Å². The number of carbonyl (C=O) groups excluding carboxylic acids is 1. The lowest BCUT2D eigenvalue weighted by molar-refractivity contribution is -0.120. The van der Waals surface area contributed by atoms with Gasteiger partial charge in [-0.25, -0.2) is 0 Å². The van der Waals surface area contributed by atoms with E-state index >= 15 is 0 Å². The van der Waals surface area contributed by atoms with E-state index < -0.39 is 0 Å². The van der Waals surface area contributed by atoms with Gasteiger partial charge in [-0.15, -0.1) is 0 Å². The first-order chi connectivity index (χ1) is 6.33. The predicted octanol–water partition coefficient (Wildman–Crippen LogP) is 1.30. The van der Waals surface area contributed by atoms with Gasteiger partial charge >= 0.3 is 0 Å². The fourth-order valence-corrected chi connectivity index (χ4v) is 2.57. The summed E-state index contributed by atoms with van der Waals surface area (Å²) in [6, 6.07) is 1.84. The smallest absolute Gasteiger partial charge is 0.234 e. The summed E-state index contributed by atoms with van der Waals surface area (Å²) in [4.78, 5) is 10.9. The molecule has 1 aliphatic rings. The largest absolute Gasteiger partial charge is 0.354 e. The van der Waals surface area contributed by atoms with Crippen molar-refractivity contribution in [2.24, 2.45) is 0 Å². The molecule has 0 aromatic heterocycles. The molecule has 13 heavy (non-hydrogen) atoms. The van der Waals surface area contributed by atoms with Crippen molar-refractivity contribution in [2.45, 2.75) is 30.9 Å².